The van der Waals surface area contributed by atoms with Crippen molar-refractivity contribution in [1.29, 1.82) is 0 Å². The van der Waals surface area contributed by atoms with Crippen molar-refractivity contribution in [2.45, 2.75) is 42.2 Å². The van der Waals surface area contributed by atoms with E-state index in [2.05, 4.69) is 76.0 Å². The minimum atomic E-state index is -2.04. The van der Waals surface area contributed by atoms with Gasteiger partial charge >= 0.3 is 165 Å². The van der Waals surface area contributed by atoms with E-state index in [1.54, 1.807) is 16.5 Å². The second kappa shape index (κ2) is 14.7. The molecule has 0 aliphatic carbocycles. The summed E-state index contributed by atoms with van der Waals surface area (Å²) in [5.41, 5.74) is 0. The zero-order chi connectivity index (χ0) is 19.3. The van der Waals surface area contributed by atoms with Gasteiger partial charge in [-0.15, -0.1) is 0 Å². The Morgan fingerprint density at radius 1 is 0.400 bits per heavy atom. The SMILES string of the molecule is CN(C)CC[CH2][Zr]([CH2]CCN(C)C)([CH2]CCN(C)C)[CH2]CCN(C)C. The van der Waals surface area contributed by atoms with Gasteiger partial charge in [0.05, 0.1) is 0 Å². The van der Waals surface area contributed by atoms with Crippen LogP contribution in [0.3, 0.4) is 0 Å². The molecule has 0 fully saturated rings. The predicted molar refractivity (Wildman–Crippen MR) is 112 cm³/mol. The van der Waals surface area contributed by atoms with Crippen LogP contribution in [0.5, 0.6) is 0 Å². The van der Waals surface area contributed by atoms with Crippen LogP contribution in [0.1, 0.15) is 25.7 Å². The molecule has 0 spiro atoms. The molecule has 0 rings (SSSR count). The standard InChI is InChI=1S/4C5H12N.Zr/c4*1-4-5-6(2)3;/h4*1,4-5H2,2-3H3;. The molecule has 25 heavy (non-hydrogen) atoms. The van der Waals surface area contributed by atoms with Crippen molar-refractivity contribution in [3.8, 4) is 0 Å². The first-order valence-corrected chi connectivity index (χ1v) is 17.2. The average Bonchev–Trinajstić information content (AvgIpc) is 2.45. The summed E-state index contributed by atoms with van der Waals surface area (Å²) in [6.45, 7) is 5.09. The van der Waals surface area contributed by atoms with Gasteiger partial charge in [-0.05, 0) is 0 Å². The Kier molecular flexibility index (Phi) is 15.2. The van der Waals surface area contributed by atoms with E-state index in [1.807, 2.05) is 0 Å². The number of hydrogen-bond donors (Lipinski definition) is 0. The first kappa shape index (κ1) is 25.7. The summed E-state index contributed by atoms with van der Waals surface area (Å²) in [4.78, 5) is 9.48. The van der Waals surface area contributed by atoms with Crippen molar-refractivity contribution < 1.29 is 20.3 Å². The van der Waals surface area contributed by atoms with Crippen molar-refractivity contribution in [1.82, 2.24) is 19.6 Å². The molecule has 5 heteroatoms. The number of nitrogens with zero attached hydrogens (tertiary/aromatic N) is 4. The van der Waals surface area contributed by atoms with Crippen LogP contribution in [0, 0.1) is 0 Å². The normalized spacial score (nSPS) is 13.0. The van der Waals surface area contributed by atoms with E-state index in [1.165, 1.54) is 51.9 Å². The molecule has 0 saturated carbocycles. The molecule has 0 aliphatic heterocycles. The second-order valence-corrected chi connectivity index (χ2v) is 21.4. The first-order chi connectivity index (χ1) is 11.7. The Bertz CT molecular complexity index is 245. The van der Waals surface area contributed by atoms with E-state index in [0.717, 1.165) is 0 Å². The fourth-order valence-corrected chi connectivity index (χ4v) is 16.4. The van der Waals surface area contributed by atoms with Crippen LogP contribution in [-0.2, 0) is 20.3 Å². The minimum absolute atomic E-state index is 1.27. The molecule has 152 valence electrons. The topological polar surface area (TPSA) is 13.0 Å². The Morgan fingerprint density at radius 3 is 0.760 bits per heavy atom. The molecule has 0 aliphatic rings. The van der Waals surface area contributed by atoms with Crippen LogP contribution in [0.25, 0.3) is 0 Å². The maximum atomic E-state index is 2.37. The summed E-state index contributed by atoms with van der Waals surface area (Å²) < 4.78 is 6.39. The fourth-order valence-electron chi connectivity index (χ4n) is 3.83. The van der Waals surface area contributed by atoms with Crippen LogP contribution < -0.4 is 0 Å². The van der Waals surface area contributed by atoms with E-state index in [4.69, 9.17) is 0 Å². The van der Waals surface area contributed by atoms with Crippen LogP contribution >= 0.6 is 0 Å². The third-order valence-electron chi connectivity index (χ3n) is 5.25. The van der Waals surface area contributed by atoms with Crippen molar-refractivity contribution in [3.05, 3.63) is 0 Å². The van der Waals surface area contributed by atoms with Crippen molar-refractivity contribution in [3.63, 3.8) is 0 Å². The maximum absolute atomic E-state index is 2.37. The van der Waals surface area contributed by atoms with Crippen molar-refractivity contribution in [2.24, 2.45) is 0 Å². The number of rotatable bonds is 16. The monoisotopic (exact) mass is 434 g/mol. The quantitative estimate of drug-likeness (QED) is 0.367. The van der Waals surface area contributed by atoms with E-state index < -0.39 is 20.3 Å². The van der Waals surface area contributed by atoms with Crippen LogP contribution in [-0.4, -0.2) is 102 Å². The second-order valence-electron chi connectivity index (χ2n) is 9.13. The van der Waals surface area contributed by atoms with Crippen LogP contribution in [0.2, 0.25) is 16.5 Å². The molecule has 0 heterocycles. The first-order valence-electron chi connectivity index (χ1n) is 10.3. The van der Waals surface area contributed by atoms with E-state index in [-0.39, 0.29) is 0 Å². The third-order valence-corrected chi connectivity index (χ3v) is 19.2. The molecule has 0 unspecified atom stereocenters. The van der Waals surface area contributed by atoms with Gasteiger partial charge in [-0.1, -0.05) is 0 Å². The Labute approximate surface area is 164 Å². The van der Waals surface area contributed by atoms with Crippen LogP contribution in [0.4, 0.5) is 0 Å². The van der Waals surface area contributed by atoms with E-state index in [9.17, 15) is 0 Å². The molecule has 0 bridgehead atoms. The molecular formula is C20H48N4Zr. The third kappa shape index (κ3) is 15.5. The summed E-state index contributed by atoms with van der Waals surface area (Å²) in [5, 5.41) is 0. The molecule has 4 nitrogen and oxygen atoms in total. The molecule has 0 radical (unpaired) electrons. The van der Waals surface area contributed by atoms with Crippen LogP contribution in [0.15, 0.2) is 0 Å². The van der Waals surface area contributed by atoms with Gasteiger partial charge in [0.1, 0.15) is 0 Å². The molecule has 0 saturated heterocycles. The summed E-state index contributed by atoms with van der Waals surface area (Å²) in [6.07, 6.45) is 5.70. The molecule has 0 amide bonds. The van der Waals surface area contributed by atoms with Crippen molar-refractivity contribution in [2.75, 3.05) is 82.6 Å². The van der Waals surface area contributed by atoms with Gasteiger partial charge < -0.3 is 0 Å². The summed E-state index contributed by atoms with van der Waals surface area (Å²) in [5.74, 6) is 0. The Morgan fingerprint density at radius 2 is 0.600 bits per heavy atom. The molecular weight excluding hydrogens is 387 g/mol. The van der Waals surface area contributed by atoms with Gasteiger partial charge in [0.25, 0.3) is 0 Å². The van der Waals surface area contributed by atoms with Gasteiger partial charge in [-0.2, -0.15) is 0 Å². The molecule has 0 atom stereocenters. The Balaban J connectivity index is 4.85. The molecule has 0 N–H and O–H groups in total. The summed E-state index contributed by atoms with van der Waals surface area (Å²) in [6, 6.07) is 0. The van der Waals surface area contributed by atoms with Gasteiger partial charge in [0.2, 0.25) is 0 Å². The predicted octanol–water partition coefficient (Wildman–Crippen LogP) is 3.62. The fraction of sp³-hybridized carbons (Fsp3) is 1.00. The van der Waals surface area contributed by atoms with E-state index in [0.29, 0.717) is 0 Å². The summed E-state index contributed by atoms with van der Waals surface area (Å²) >= 11 is -2.04. The zero-order valence-electron chi connectivity index (χ0n) is 18.8. The van der Waals surface area contributed by atoms with Gasteiger partial charge in [0, 0.05) is 0 Å². The van der Waals surface area contributed by atoms with Gasteiger partial charge in [-0.3, -0.25) is 0 Å². The average molecular weight is 436 g/mol. The summed E-state index contributed by atoms with van der Waals surface area (Å²) in [7, 11) is 17.8. The molecule has 0 aromatic heterocycles. The Hall–Kier alpha value is 0.723. The van der Waals surface area contributed by atoms with Gasteiger partial charge in [-0.25, -0.2) is 0 Å². The van der Waals surface area contributed by atoms with E-state index >= 15 is 0 Å². The van der Waals surface area contributed by atoms with Gasteiger partial charge in [0.15, 0.2) is 0 Å². The molecule has 0 aromatic rings. The zero-order valence-corrected chi connectivity index (χ0v) is 21.2. The number of hydrogen-bond acceptors (Lipinski definition) is 4. The van der Waals surface area contributed by atoms with Crippen molar-refractivity contribution >= 4 is 0 Å². The molecule has 0 aromatic carbocycles.